The summed E-state index contributed by atoms with van der Waals surface area (Å²) in [4.78, 5) is 8.78. The van der Waals surface area contributed by atoms with Gasteiger partial charge in [-0.05, 0) is 18.8 Å². The van der Waals surface area contributed by atoms with Crippen LogP contribution in [0.5, 0.6) is 0 Å². The summed E-state index contributed by atoms with van der Waals surface area (Å²) in [5, 5.41) is 7.19. The Balaban J connectivity index is 0.000000157. The summed E-state index contributed by atoms with van der Waals surface area (Å²) < 4.78 is 5.39. The lowest BCUT2D eigenvalue weighted by Crippen LogP contribution is -2.11. The number of ether oxygens (including phenoxy) is 1. The molecule has 1 aliphatic heterocycles. The van der Waals surface area contributed by atoms with Gasteiger partial charge in [0, 0.05) is 0 Å². The van der Waals surface area contributed by atoms with Crippen molar-refractivity contribution in [3.8, 4) is 0 Å². The highest BCUT2D eigenvalue weighted by atomic mass is 16.6. The molecular formula is C8H15NO3. The number of rotatable bonds is 0. The monoisotopic (exact) mass is 173 g/mol. The fourth-order valence-corrected chi connectivity index (χ4v) is 1.69. The summed E-state index contributed by atoms with van der Waals surface area (Å²) in [7, 11) is 0. The average molecular weight is 173 g/mol. The molecule has 1 amide bonds. The molecule has 2 aliphatic rings. The summed E-state index contributed by atoms with van der Waals surface area (Å²) in [5.74, 6) is 0.855. The van der Waals surface area contributed by atoms with Gasteiger partial charge >= 0.3 is 6.09 Å². The molecule has 1 aliphatic carbocycles. The SMILES string of the molecule is CC1CCCC2OC12.NC(=O)O. The highest BCUT2D eigenvalue weighted by molar-refractivity contribution is 5.61. The number of hydrogen-bond acceptors (Lipinski definition) is 2. The summed E-state index contributed by atoms with van der Waals surface area (Å²) in [5.41, 5.74) is 4.03. The van der Waals surface area contributed by atoms with Crippen molar-refractivity contribution in [2.75, 3.05) is 0 Å². The number of fused-ring (bicyclic) bond motifs is 1. The Morgan fingerprint density at radius 3 is 2.58 bits per heavy atom. The first kappa shape index (κ1) is 9.32. The van der Waals surface area contributed by atoms with Gasteiger partial charge in [0.2, 0.25) is 0 Å². The number of hydrogen-bond donors (Lipinski definition) is 2. The zero-order valence-corrected chi connectivity index (χ0v) is 7.19. The lowest BCUT2D eigenvalue weighted by atomic mass is 9.91. The van der Waals surface area contributed by atoms with Crippen LogP contribution in [-0.2, 0) is 4.74 Å². The van der Waals surface area contributed by atoms with Gasteiger partial charge in [0.05, 0.1) is 12.2 Å². The summed E-state index contributed by atoms with van der Waals surface area (Å²) in [6.45, 7) is 2.30. The van der Waals surface area contributed by atoms with E-state index in [2.05, 4.69) is 12.7 Å². The molecule has 3 unspecified atom stereocenters. The van der Waals surface area contributed by atoms with Crippen LogP contribution in [0.3, 0.4) is 0 Å². The molecule has 70 valence electrons. The van der Waals surface area contributed by atoms with E-state index < -0.39 is 6.09 Å². The Hall–Kier alpha value is -0.770. The molecule has 4 heteroatoms. The predicted octanol–water partition coefficient (Wildman–Crippen LogP) is 1.20. The lowest BCUT2D eigenvalue weighted by molar-refractivity contribution is 0.205. The van der Waals surface area contributed by atoms with E-state index in [1.807, 2.05) is 0 Å². The maximum Gasteiger partial charge on any atom is 0.402 e. The Kier molecular flexibility index (Phi) is 2.92. The van der Waals surface area contributed by atoms with Crippen molar-refractivity contribution in [2.24, 2.45) is 11.7 Å². The molecule has 1 saturated heterocycles. The van der Waals surface area contributed by atoms with E-state index >= 15 is 0 Å². The molecule has 0 aromatic rings. The molecule has 0 bridgehead atoms. The molecule has 4 nitrogen and oxygen atoms in total. The summed E-state index contributed by atoms with van der Waals surface area (Å²) in [6, 6.07) is 0. The summed E-state index contributed by atoms with van der Waals surface area (Å²) in [6.07, 6.45) is 4.13. The highest BCUT2D eigenvalue weighted by Crippen LogP contribution is 2.39. The highest BCUT2D eigenvalue weighted by Gasteiger charge is 2.44. The number of carbonyl (C=O) groups is 1. The minimum atomic E-state index is -1.33. The van der Waals surface area contributed by atoms with Crippen LogP contribution in [0.25, 0.3) is 0 Å². The first-order chi connectivity index (χ1) is 5.61. The molecule has 2 rings (SSSR count). The molecule has 3 atom stereocenters. The van der Waals surface area contributed by atoms with Crippen molar-refractivity contribution < 1.29 is 14.6 Å². The second-order valence-corrected chi connectivity index (χ2v) is 3.39. The van der Waals surface area contributed by atoms with Gasteiger partial charge in [-0.25, -0.2) is 4.79 Å². The van der Waals surface area contributed by atoms with Gasteiger partial charge in [-0.1, -0.05) is 13.3 Å². The zero-order chi connectivity index (χ0) is 9.14. The third-order valence-electron chi connectivity index (χ3n) is 2.33. The maximum atomic E-state index is 8.78. The van der Waals surface area contributed by atoms with E-state index in [9.17, 15) is 0 Å². The summed E-state index contributed by atoms with van der Waals surface area (Å²) >= 11 is 0. The van der Waals surface area contributed by atoms with Gasteiger partial charge in [0.1, 0.15) is 0 Å². The normalized spacial score (nSPS) is 37.2. The van der Waals surface area contributed by atoms with Gasteiger partial charge in [0.15, 0.2) is 0 Å². The molecule has 0 aromatic heterocycles. The van der Waals surface area contributed by atoms with Crippen LogP contribution in [0.2, 0.25) is 0 Å². The lowest BCUT2D eigenvalue weighted by Gasteiger charge is -2.10. The second-order valence-electron chi connectivity index (χ2n) is 3.39. The predicted molar refractivity (Wildman–Crippen MR) is 43.9 cm³/mol. The van der Waals surface area contributed by atoms with Gasteiger partial charge < -0.3 is 15.6 Å². The van der Waals surface area contributed by atoms with Crippen molar-refractivity contribution in [1.82, 2.24) is 0 Å². The Morgan fingerprint density at radius 1 is 1.58 bits per heavy atom. The number of nitrogens with two attached hydrogens (primary N) is 1. The molecule has 0 aromatic carbocycles. The third kappa shape index (κ3) is 2.70. The largest absolute Gasteiger partial charge is 0.465 e. The van der Waals surface area contributed by atoms with Crippen LogP contribution in [-0.4, -0.2) is 23.4 Å². The van der Waals surface area contributed by atoms with Gasteiger partial charge in [-0.15, -0.1) is 0 Å². The number of epoxide rings is 1. The minimum absolute atomic E-state index is 0.670. The number of primary amides is 1. The van der Waals surface area contributed by atoms with Crippen molar-refractivity contribution in [3.05, 3.63) is 0 Å². The Bertz CT molecular complexity index is 168. The van der Waals surface area contributed by atoms with Crippen LogP contribution in [0, 0.1) is 5.92 Å². The Labute approximate surface area is 71.7 Å². The van der Waals surface area contributed by atoms with Crippen molar-refractivity contribution in [2.45, 2.75) is 38.4 Å². The van der Waals surface area contributed by atoms with Crippen LogP contribution < -0.4 is 5.73 Å². The number of amides is 1. The standard InChI is InChI=1S/C7H12O.CH3NO2/c1-5-3-2-4-6-7(5)8-6;2-1(3)4/h5-7H,2-4H2,1H3;2H2,(H,3,4). The van der Waals surface area contributed by atoms with Crippen LogP contribution in [0.1, 0.15) is 26.2 Å². The van der Waals surface area contributed by atoms with Crippen LogP contribution in [0.15, 0.2) is 0 Å². The first-order valence-corrected chi connectivity index (χ1v) is 4.25. The fraction of sp³-hybridized carbons (Fsp3) is 0.875. The van der Waals surface area contributed by atoms with Crippen molar-refractivity contribution in [3.63, 3.8) is 0 Å². The van der Waals surface area contributed by atoms with E-state index in [-0.39, 0.29) is 0 Å². The fourth-order valence-electron chi connectivity index (χ4n) is 1.69. The topological polar surface area (TPSA) is 75.8 Å². The molecule has 3 N–H and O–H groups in total. The first-order valence-electron chi connectivity index (χ1n) is 4.25. The van der Waals surface area contributed by atoms with Crippen molar-refractivity contribution >= 4 is 6.09 Å². The van der Waals surface area contributed by atoms with E-state index in [1.54, 1.807) is 0 Å². The molecule has 1 heterocycles. The zero-order valence-electron chi connectivity index (χ0n) is 7.19. The molecule has 12 heavy (non-hydrogen) atoms. The van der Waals surface area contributed by atoms with E-state index in [0.717, 1.165) is 5.92 Å². The second kappa shape index (κ2) is 3.76. The number of carboxylic acid groups (broad SMARTS) is 1. The van der Waals surface area contributed by atoms with Gasteiger partial charge in [-0.3, -0.25) is 0 Å². The van der Waals surface area contributed by atoms with Crippen LogP contribution in [0.4, 0.5) is 4.79 Å². The minimum Gasteiger partial charge on any atom is -0.465 e. The molecule has 0 spiro atoms. The van der Waals surface area contributed by atoms with Crippen LogP contribution >= 0.6 is 0 Å². The average Bonchev–Trinajstić information content (AvgIpc) is 2.65. The molecule has 2 fully saturated rings. The third-order valence-corrected chi connectivity index (χ3v) is 2.33. The van der Waals surface area contributed by atoms with Gasteiger partial charge in [0.25, 0.3) is 0 Å². The van der Waals surface area contributed by atoms with E-state index in [0.29, 0.717) is 12.2 Å². The van der Waals surface area contributed by atoms with E-state index in [1.165, 1.54) is 19.3 Å². The van der Waals surface area contributed by atoms with Crippen molar-refractivity contribution in [1.29, 1.82) is 0 Å². The van der Waals surface area contributed by atoms with Gasteiger partial charge in [-0.2, -0.15) is 0 Å². The maximum absolute atomic E-state index is 8.78. The Morgan fingerprint density at radius 2 is 2.17 bits per heavy atom. The van der Waals surface area contributed by atoms with E-state index in [4.69, 9.17) is 14.6 Å². The molecule has 1 saturated carbocycles. The quantitative estimate of drug-likeness (QED) is 0.540. The molecular weight excluding hydrogens is 158 g/mol. The molecule has 0 radical (unpaired) electrons. The smallest absolute Gasteiger partial charge is 0.402 e.